The number of ketones is 1. The Labute approximate surface area is 119 Å². The Hall–Kier alpha value is -1.29. The Morgan fingerprint density at radius 1 is 1.20 bits per heavy atom. The van der Waals surface area contributed by atoms with Gasteiger partial charge in [0.05, 0.1) is 5.56 Å². The van der Waals surface area contributed by atoms with E-state index in [-0.39, 0.29) is 17.8 Å². The number of rotatable bonds is 6. The van der Waals surface area contributed by atoms with Gasteiger partial charge in [0.15, 0.2) is 5.78 Å². The third-order valence-corrected chi connectivity index (χ3v) is 3.70. The lowest BCUT2D eigenvalue weighted by molar-refractivity contribution is 0.0949. The lowest BCUT2D eigenvalue weighted by atomic mass is 9.75. The van der Waals surface area contributed by atoms with E-state index in [0.29, 0.717) is 13.0 Å². The molecule has 0 saturated carbocycles. The van der Waals surface area contributed by atoms with Gasteiger partial charge in [-0.15, -0.1) is 0 Å². The van der Waals surface area contributed by atoms with E-state index in [9.17, 15) is 13.6 Å². The summed E-state index contributed by atoms with van der Waals surface area (Å²) >= 11 is 0. The molecule has 0 aliphatic rings. The van der Waals surface area contributed by atoms with Gasteiger partial charge in [-0.2, -0.15) is 0 Å². The molecule has 1 rings (SSSR count). The molecule has 0 aliphatic heterocycles. The Bertz CT molecular complexity index is 446. The van der Waals surface area contributed by atoms with Gasteiger partial charge in [0.2, 0.25) is 0 Å². The standard InChI is InChI=1S/C16H23F2NO/c1-16(2,3)11(9-10-19)7-8-14(20)15-12(17)5-4-6-13(15)18/h4-6,11H,7-10,19H2,1-3H3. The topological polar surface area (TPSA) is 43.1 Å². The van der Waals surface area contributed by atoms with E-state index in [1.54, 1.807) is 0 Å². The number of halogens is 2. The fourth-order valence-electron chi connectivity index (χ4n) is 2.41. The maximum atomic E-state index is 13.5. The molecule has 0 aromatic heterocycles. The van der Waals surface area contributed by atoms with Crippen LogP contribution in [0.1, 0.15) is 50.4 Å². The van der Waals surface area contributed by atoms with Crippen LogP contribution in [0.15, 0.2) is 18.2 Å². The number of benzene rings is 1. The SMILES string of the molecule is CC(C)(C)C(CCN)CCC(=O)c1c(F)cccc1F. The molecule has 1 aromatic carbocycles. The molecule has 1 atom stereocenters. The molecule has 0 aliphatic carbocycles. The summed E-state index contributed by atoms with van der Waals surface area (Å²) < 4.78 is 27.1. The Morgan fingerprint density at radius 2 is 1.75 bits per heavy atom. The number of nitrogens with two attached hydrogens (primary N) is 1. The van der Waals surface area contributed by atoms with Crippen LogP contribution in [0.4, 0.5) is 8.78 Å². The normalized spacial score (nSPS) is 13.3. The van der Waals surface area contributed by atoms with Crippen molar-refractivity contribution >= 4 is 5.78 Å². The van der Waals surface area contributed by atoms with Gasteiger partial charge in [-0.25, -0.2) is 8.78 Å². The zero-order valence-corrected chi connectivity index (χ0v) is 12.4. The Morgan fingerprint density at radius 3 is 2.20 bits per heavy atom. The first-order valence-corrected chi connectivity index (χ1v) is 6.94. The van der Waals surface area contributed by atoms with Crippen LogP contribution in [0.2, 0.25) is 0 Å². The van der Waals surface area contributed by atoms with Crippen molar-refractivity contribution in [1.29, 1.82) is 0 Å². The highest BCUT2D eigenvalue weighted by Crippen LogP contribution is 2.32. The third kappa shape index (κ3) is 4.37. The number of carbonyl (C=O) groups excluding carboxylic acids is 1. The molecule has 1 aromatic rings. The highest BCUT2D eigenvalue weighted by molar-refractivity contribution is 5.96. The number of Topliss-reactive ketones (excluding diaryl/α,β-unsaturated/α-hetero) is 1. The highest BCUT2D eigenvalue weighted by atomic mass is 19.1. The van der Waals surface area contributed by atoms with Crippen LogP contribution < -0.4 is 5.73 Å². The Kier molecular flexibility index (Phi) is 5.81. The molecular weight excluding hydrogens is 260 g/mol. The van der Waals surface area contributed by atoms with Gasteiger partial charge in [-0.05, 0) is 42.9 Å². The molecule has 20 heavy (non-hydrogen) atoms. The zero-order chi connectivity index (χ0) is 15.3. The molecule has 2 N–H and O–H groups in total. The molecular formula is C16H23F2NO. The van der Waals surface area contributed by atoms with Gasteiger partial charge in [0.25, 0.3) is 0 Å². The minimum atomic E-state index is -0.791. The van der Waals surface area contributed by atoms with E-state index >= 15 is 0 Å². The van der Waals surface area contributed by atoms with Gasteiger partial charge < -0.3 is 5.73 Å². The molecule has 1 unspecified atom stereocenters. The van der Waals surface area contributed by atoms with E-state index in [4.69, 9.17) is 5.73 Å². The van der Waals surface area contributed by atoms with Gasteiger partial charge in [-0.1, -0.05) is 26.8 Å². The molecule has 0 radical (unpaired) electrons. The molecule has 0 spiro atoms. The second-order valence-corrected chi connectivity index (χ2v) is 6.20. The van der Waals surface area contributed by atoms with Crippen LogP contribution in [0.5, 0.6) is 0 Å². The Balaban J connectivity index is 2.76. The summed E-state index contributed by atoms with van der Waals surface area (Å²) in [6.07, 6.45) is 1.53. The molecule has 0 saturated heterocycles. The number of hydrogen-bond donors (Lipinski definition) is 1. The maximum Gasteiger partial charge on any atom is 0.168 e. The summed E-state index contributed by atoms with van der Waals surface area (Å²) in [4.78, 5) is 12.0. The molecule has 0 heterocycles. The smallest absolute Gasteiger partial charge is 0.168 e. The lowest BCUT2D eigenvalue weighted by Crippen LogP contribution is -2.24. The van der Waals surface area contributed by atoms with E-state index in [1.165, 1.54) is 6.07 Å². The molecule has 0 bridgehead atoms. The molecule has 2 nitrogen and oxygen atoms in total. The van der Waals surface area contributed by atoms with Crippen LogP contribution in [-0.4, -0.2) is 12.3 Å². The first-order valence-electron chi connectivity index (χ1n) is 6.94. The second-order valence-electron chi connectivity index (χ2n) is 6.20. The maximum absolute atomic E-state index is 13.5. The molecule has 0 amide bonds. The zero-order valence-electron chi connectivity index (χ0n) is 12.4. The predicted molar refractivity (Wildman–Crippen MR) is 76.5 cm³/mol. The minimum absolute atomic E-state index is 0.0213. The van der Waals surface area contributed by atoms with Crippen LogP contribution in [-0.2, 0) is 0 Å². The summed E-state index contributed by atoms with van der Waals surface area (Å²) in [5.74, 6) is -1.81. The fraction of sp³-hybridized carbons (Fsp3) is 0.562. The first-order chi connectivity index (χ1) is 9.27. The van der Waals surface area contributed by atoms with Crippen molar-refractivity contribution in [2.24, 2.45) is 17.1 Å². The number of carbonyl (C=O) groups is 1. The van der Waals surface area contributed by atoms with Crippen molar-refractivity contribution in [2.75, 3.05) is 6.54 Å². The second kappa shape index (κ2) is 6.93. The van der Waals surface area contributed by atoms with Crippen molar-refractivity contribution in [3.8, 4) is 0 Å². The van der Waals surface area contributed by atoms with Crippen LogP contribution >= 0.6 is 0 Å². The molecule has 4 heteroatoms. The van der Waals surface area contributed by atoms with E-state index < -0.39 is 23.0 Å². The number of hydrogen-bond acceptors (Lipinski definition) is 2. The van der Waals surface area contributed by atoms with E-state index in [0.717, 1.165) is 18.6 Å². The van der Waals surface area contributed by atoms with Crippen molar-refractivity contribution in [2.45, 2.75) is 40.0 Å². The van der Waals surface area contributed by atoms with Crippen molar-refractivity contribution in [3.05, 3.63) is 35.4 Å². The average molecular weight is 283 g/mol. The van der Waals surface area contributed by atoms with Crippen LogP contribution in [0, 0.1) is 23.0 Å². The molecule has 0 fully saturated rings. The van der Waals surface area contributed by atoms with E-state index in [1.807, 2.05) is 0 Å². The van der Waals surface area contributed by atoms with Crippen LogP contribution in [0.3, 0.4) is 0 Å². The summed E-state index contributed by atoms with van der Waals surface area (Å²) in [5.41, 5.74) is 5.18. The first kappa shape index (κ1) is 16.8. The van der Waals surface area contributed by atoms with Gasteiger partial charge in [0, 0.05) is 6.42 Å². The van der Waals surface area contributed by atoms with Crippen LogP contribution in [0.25, 0.3) is 0 Å². The van der Waals surface area contributed by atoms with Gasteiger partial charge in [0.1, 0.15) is 11.6 Å². The molecule has 112 valence electrons. The third-order valence-electron chi connectivity index (χ3n) is 3.70. The summed E-state index contributed by atoms with van der Waals surface area (Å²) in [6, 6.07) is 3.47. The van der Waals surface area contributed by atoms with Crippen molar-refractivity contribution in [1.82, 2.24) is 0 Å². The minimum Gasteiger partial charge on any atom is -0.330 e. The van der Waals surface area contributed by atoms with Crippen molar-refractivity contribution < 1.29 is 13.6 Å². The van der Waals surface area contributed by atoms with E-state index in [2.05, 4.69) is 20.8 Å². The van der Waals surface area contributed by atoms with Gasteiger partial charge >= 0.3 is 0 Å². The van der Waals surface area contributed by atoms with Gasteiger partial charge in [-0.3, -0.25) is 4.79 Å². The van der Waals surface area contributed by atoms with Crippen molar-refractivity contribution in [3.63, 3.8) is 0 Å². The fourth-order valence-corrected chi connectivity index (χ4v) is 2.41. The monoisotopic (exact) mass is 283 g/mol. The lowest BCUT2D eigenvalue weighted by Gasteiger charge is -2.30. The summed E-state index contributed by atoms with van der Waals surface area (Å²) in [5, 5.41) is 0. The average Bonchev–Trinajstić information content (AvgIpc) is 2.32. The summed E-state index contributed by atoms with van der Waals surface area (Å²) in [7, 11) is 0. The summed E-state index contributed by atoms with van der Waals surface area (Å²) in [6.45, 7) is 6.80. The largest absolute Gasteiger partial charge is 0.330 e. The highest BCUT2D eigenvalue weighted by Gasteiger charge is 2.25. The predicted octanol–water partition coefficient (Wildman–Crippen LogP) is 3.94. The quantitative estimate of drug-likeness (QED) is 0.804.